The van der Waals surface area contributed by atoms with Gasteiger partial charge in [-0.2, -0.15) is 16.8 Å². The van der Waals surface area contributed by atoms with Gasteiger partial charge in [0.2, 0.25) is 0 Å². The molecule has 1 aromatic rings. The van der Waals surface area contributed by atoms with Crippen molar-refractivity contribution in [1.29, 1.82) is 0 Å². The van der Waals surface area contributed by atoms with Crippen LogP contribution < -0.4 is 0 Å². The van der Waals surface area contributed by atoms with Gasteiger partial charge in [-0.3, -0.25) is 0 Å². The average Bonchev–Trinajstić information content (AvgIpc) is 3.01. The second-order valence-corrected chi connectivity index (χ2v) is 9.76. The van der Waals surface area contributed by atoms with Crippen LogP contribution in [0.1, 0.15) is 38.7 Å². The van der Waals surface area contributed by atoms with Crippen molar-refractivity contribution in [3.63, 3.8) is 0 Å². The predicted molar refractivity (Wildman–Crippen MR) is 99.9 cm³/mol. The lowest BCUT2D eigenvalue weighted by Crippen LogP contribution is -2.40. The van der Waals surface area contributed by atoms with Gasteiger partial charge in [-0.25, -0.2) is 0 Å². The number of rotatable bonds is 9. The molecule has 1 aliphatic rings. The molecule has 0 radical (unpaired) electrons. The quantitative estimate of drug-likeness (QED) is 0.628. The molecule has 0 spiro atoms. The first-order valence-electron chi connectivity index (χ1n) is 8.64. The summed E-state index contributed by atoms with van der Waals surface area (Å²) in [7, 11) is -8.76. The summed E-state index contributed by atoms with van der Waals surface area (Å²) >= 11 is 0. The van der Waals surface area contributed by atoms with Crippen molar-refractivity contribution in [3.05, 3.63) is 42.2 Å². The molecule has 1 unspecified atom stereocenters. The molecule has 0 fully saturated rings. The molecular weight excluding hydrogens is 376 g/mol. The third-order valence-electron chi connectivity index (χ3n) is 4.16. The SMILES string of the molecule is CCCCN1C=CN(C(CC)S(=O)(=O)OS(=O)(=O)c2ccc(C)cc2)C1. The van der Waals surface area contributed by atoms with Gasteiger partial charge in [-0.05, 0) is 31.9 Å². The fraction of sp³-hybridized carbons (Fsp3) is 0.529. The Labute approximate surface area is 156 Å². The number of hydrogen-bond acceptors (Lipinski definition) is 7. The Hall–Kier alpha value is -1.58. The van der Waals surface area contributed by atoms with Crippen molar-refractivity contribution in [1.82, 2.24) is 9.80 Å². The van der Waals surface area contributed by atoms with Crippen LogP contribution in [-0.4, -0.2) is 45.2 Å². The molecule has 7 nitrogen and oxygen atoms in total. The number of hydrogen-bond donors (Lipinski definition) is 0. The van der Waals surface area contributed by atoms with Crippen LogP contribution in [0, 0.1) is 6.92 Å². The molecule has 9 heteroatoms. The highest BCUT2D eigenvalue weighted by molar-refractivity contribution is 8.00. The first-order valence-corrected chi connectivity index (χ1v) is 11.5. The van der Waals surface area contributed by atoms with Crippen molar-refractivity contribution < 1.29 is 20.5 Å². The van der Waals surface area contributed by atoms with E-state index < -0.39 is 25.6 Å². The standard InChI is InChI=1S/C17H26N2O5S2/c1-4-6-11-18-12-13-19(14-18)17(5-2)26(22,23)24-25(20,21)16-9-7-15(3)8-10-16/h7-10,12-13,17H,4-6,11,14H2,1-3H3. The van der Waals surface area contributed by atoms with Gasteiger partial charge in [0.1, 0.15) is 0 Å². The Balaban J connectivity index is 2.14. The van der Waals surface area contributed by atoms with Crippen LogP contribution in [0.5, 0.6) is 0 Å². The molecule has 0 aromatic heterocycles. The fourth-order valence-electron chi connectivity index (χ4n) is 2.70. The van der Waals surface area contributed by atoms with Crippen LogP contribution in [0.4, 0.5) is 0 Å². The minimum Gasteiger partial charge on any atom is -0.359 e. The van der Waals surface area contributed by atoms with Gasteiger partial charge in [0.25, 0.3) is 0 Å². The zero-order valence-electron chi connectivity index (χ0n) is 15.3. The third kappa shape index (κ3) is 4.99. The maximum atomic E-state index is 12.6. The van der Waals surface area contributed by atoms with Gasteiger partial charge in [-0.1, -0.05) is 38.0 Å². The molecular formula is C17H26N2O5S2. The Bertz CT molecular complexity index is 832. The Kier molecular flexibility index (Phi) is 6.70. The predicted octanol–water partition coefficient (Wildman–Crippen LogP) is 2.61. The number of benzene rings is 1. The second-order valence-electron chi connectivity index (χ2n) is 6.31. The highest BCUT2D eigenvalue weighted by Crippen LogP contribution is 2.23. The van der Waals surface area contributed by atoms with Crippen molar-refractivity contribution in [3.8, 4) is 0 Å². The largest absolute Gasteiger partial charge is 0.359 e. The maximum absolute atomic E-state index is 12.6. The maximum Gasteiger partial charge on any atom is 0.311 e. The van der Waals surface area contributed by atoms with E-state index in [4.69, 9.17) is 0 Å². The summed E-state index contributed by atoms with van der Waals surface area (Å²) in [5, 5.41) is -1.06. The smallest absolute Gasteiger partial charge is 0.311 e. The molecule has 1 atom stereocenters. The molecule has 0 bridgehead atoms. The van der Waals surface area contributed by atoms with E-state index in [-0.39, 0.29) is 11.3 Å². The Morgan fingerprint density at radius 3 is 2.31 bits per heavy atom. The fourth-order valence-corrected chi connectivity index (χ4v) is 5.72. The van der Waals surface area contributed by atoms with Gasteiger partial charge in [0.15, 0.2) is 5.37 Å². The topological polar surface area (TPSA) is 84.0 Å². The number of nitrogens with zero attached hydrogens (tertiary/aromatic N) is 2. The van der Waals surface area contributed by atoms with E-state index >= 15 is 0 Å². The molecule has 1 heterocycles. The normalized spacial score (nSPS) is 16.3. The van der Waals surface area contributed by atoms with Crippen LogP contribution in [-0.2, 0) is 23.9 Å². The first-order chi connectivity index (χ1) is 12.2. The van der Waals surface area contributed by atoms with Crippen molar-refractivity contribution in [2.24, 2.45) is 0 Å². The highest BCUT2D eigenvalue weighted by Gasteiger charge is 2.36. The molecule has 1 aliphatic heterocycles. The van der Waals surface area contributed by atoms with Gasteiger partial charge in [-0.15, -0.1) is 3.63 Å². The third-order valence-corrected chi connectivity index (χ3v) is 7.75. The monoisotopic (exact) mass is 402 g/mol. The minimum absolute atomic E-state index is 0.178. The van der Waals surface area contributed by atoms with E-state index in [0.717, 1.165) is 24.9 Å². The van der Waals surface area contributed by atoms with Gasteiger partial charge in [0.05, 0.1) is 11.6 Å². The summed E-state index contributed by atoms with van der Waals surface area (Å²) < 4.78 is 54.6. The van der Waals surface area contributed by atoms with Crippen LogP contribution in [0.3, 0.4) is 0 Å². The van der Waals surface area contributed by atoms with Gasteiger partial charge >= 0.3 is 20.2 Å². The van der Waals surface area contributed by atoms with E-state index in [1.807, 2.05) is 18.0 Å². The zero-order chi connectivity index (χ0) is 19.4. The average molecular weight is 403 g/mol. The summed E-state index contributed by atoms with van der Waals surface area (Å²) in [6.45, 7) is 6.80. The molecule has 0 saturated carbocycles. The molecule has 0 aliphatic carbocycles. The zero-order valence-corrected chi connectivity index (χ0v) is 17.0. The molecule has 0 N–H and O–H groups in total. The molecule has 26 heavy (non-hydrogen) atoms. The van der Waals surface area contributed by atoms with Gasteiger partial charge in [0, 0.05) is 18.9 Å². The summed E-state index contributed by atoms with van der Waals surface area (Å²) in [6, 6.07) is 5.86. The molecule has 2 rings (SSSR count). The number of unbranched alkanes of at least 4 members (excludes halogenated alkanes) is 1. The minimum atomic E-state index is -4.40. The summed E-state index contributed by atoms with van der Waals surface area (Å²) in [5.74, 6) is 0. The lowest BCUT2D eigenvalue weighted by atomic mass is 10.2. The molecule has 0 amide bonds. The Morgan fingerprint density at radius 1 is 1.08 bits per heavy atom. The number of aryl methyl sites for hydroxylation is 1. The Morgan fingerprint density at radius 2 is 1.73 bits per heavy atom. The molecule has 0 saturated heterocycles. The van der Waals surface area contributed by atoms with Crippen LogP contribution in [0.25, 0.3) is 0 Å². The summed E-state index contributed by atoms with van der Waals surface area (Å²) in [5.41, 5.74) is 0.868. The van der Waals surface area contributed by atoms with E-state index in [9.17, 15) is 16.8 Å². The van der Waals surface area contributed by atoms with E-state index in [0.29, 0.717) is 6.67 Å². The lowest BCUT2D eigenvalue weighted by molar-refractivity contribution is 0.236. The molecule has 1 aromatic carbocycles. The van der Waals surface area contributed by atoms with E-state index in [2.05, 4.69) is 10.6 Å². The van der Waals surface area contributed by atoms with Crippen molar-refractivity contribution in [2.45, 2.75) is 50.3 Å². The summed E-state index contributed by atoms with van der Waals surface area (Å²) in [4.78, 5) is 3.41. The highest BCUT2D eigenvalue weighted by atomic mass is 32.3. The van der Waals surface area contributed by atoms with Crippen LogP contribution in [0.2, 0.25) is 0 Å². The van der Waals surface area contributed by atoms with E-state index in [1.165, 1.54) is 12.1 Å². The summed E-state index contributed by atoms with van der Waals surface area (Å²) in [6.07, 6.45) is 5.74. The van der Waals surface area contributed by atoms with Crippen molar-refractivity contribution in [2.75, 3.05) is 13.2 Å². The van der Waals surface area contributed by atoms with Crippen LogP contribution in [0.15, 0.2) is 41.6 Å². The van der Waals surface area contributed by atoms with E-state index in [1.54, 1.807) is 30.2 Å². The van der Waals surface area contributed by atoms with Crippen molar-refractivity contribution >= 4 is 20.2 Å². The second kappa shape index (κ2) is 8.41. The first kappa shape index (κ1) is 20.7. The van der Waals surface area contributed by atoms with Crippen LogP contribution >= 0.6 is 0 Å². The molecule has 146 valence electrons. The lowest BCUT2D eigenvalue weighted by Gasteiger charge is -2.27. The van der Waals surface area contributed by atoms with Gasteiger partial charge < -0.3 is 9.80 Å².